The molecule has 0 fully saturated rings. The van der Waals surface area contributed by atoms with Crippen LogP contribution in [0.5, 0.6) is 0 Å². The molecule has 0 saturated carbocycles. The highest BCUT2D eigenvalue weighted by Crippen LogP contribution is 2.08. The zero-order valence-electron chi connectivity index (χ0n) is 9.25. The van der Waals surface area contributed by atoms with Crippen LogP contribution >= 0.6 is 15.9 Å². The van der Waals surface area contributed by atoms with Gasteiger partial charge in [0.25, 0.3) is 0 Å². The molecule has 0 aromatic heterocycles. The van der Waals surface area contributed by atoms with Crippen molar-refractivity contribution >= 4 is 21.8 Å². The van der Waals surface area contributed by atoms with Crippen molar-refractivity contribution in [1.29, 1.82) is 0 Å². The van der Waals surface area contributed by atoms with Crippen LogP contribution in [0.1, 0.15) is 27.2 Å². The number of halogens is 1. The fourth-order valence-electron chi connectivity index (χ4n) is 1.12. The van der Waals surface area contributed by atoms with Crippen molar-refractivity contribution in [3.63, 3.8) is 0 Å². The largest absolute Gasteiger partial charge is 0.380 e. The Morgan fingerprint density at radius 1 is 1.43 bits per heavy atom. The molecule has 0 aromatic carbocycles. The van der Waals surface area contributed by atoms with E-state index in [9.17, 15) is 4.79 Å². The highest BCUT2D eigenvalue weighted by atomic mass is 79.9. The van der Waals surface area contributed by atoms with E-state index in [0.717, 1.165) is 13.0 Å². The van der Waals surface area contributed by atoms with Crippen molar-refractivity contribution in [3.8, 4) is 0 Å². The number of ether oxygens (including phenoxy) is 1. The van der Waals surface area contributed by atoms with Crippen LogP contribution in [-0.4, -0.2) is 41.9 Å². The summed E-state index contributed by atoms with van der Waals surface area (Å²) < 4.78 is 5.22. The molecule has 0 spiro atoms. The van der Waals surface area contributed by atoms with E-state index in [1.165, 1.54) is 0 Å². The minimum atomic E-state index is -0.0518. The van der Waals surface area contributed by atoms with Gasteiger partial charge >= 0.3 is 0 Å². The van der Waals surface area contributed by atoms with Gasteiger partial charge in [-0.25, -0.2) is 0 Å². The molecule has 0 aromatic rings. The first-order valence-corrected chi connectivity index (χ1v) is 6.09. The lowest BCUT2D eigenvalue weighted by Crippen LogP contribution is -2.38. The summed E-state index contributed by atoms with van der Waals surface area (Å²) in [5, 5.41) is 0. The number of amides is 1. The summed E-state index contributed by atoms with van der Waals surface area (Å²) in [6, 6.07) is 0. The Balaban J connectivity index is 3.92. The average molecular weight is 266 g/mol. The highest BCUT2D eigenvalue weighted by Gasteiger charge is 2.18. The molecule has 1 amide bonds. The predicted molar refractivity (Wildman–Crippen MR) is 61.8 cm³/mol. The maximum absolute atomic E-state index is 11.7. The molecule has 14 heavy (non-hydrogen) atoms. The maximum atomic E-state index is 11.7. The van der Waals surface area contributed by atoms with E-state index >= 15 is 0 Å². The second-order valence-electron chi connectivity index (χ2n) is 2.99. The van der Waals surface area contributed by atoms with Crippen LogP contribution in [0.2, 0.25) is 0 Å². The normalized spacial score (nSPS) is 12.6. The summed E-state index contributed by atoms with van der Waals surface area (Å²) in [6.45, 7) is 8.69. The monoisotopic (exact) mass is 265 g/mol. The Hall–Kier alpha value is -0.0900. The third-order valence-electron chi connectivity index (χ3n) is 2.03. The lowest BCUT2D eigenvalue weighted by molar-refractivity contribution is -0.131. The van der Waals surface area contributed by atoms with Crippen molar-refractivity contribution in [3.05, 3.63) is 0 Å². The van der Waals surface area contributed by atoms with E-state index in [1.807, 2.05) is 25.7 Å². The Kier molecular flexibility index (Phi) is 8.18. The average Bonchev–Trinajstić information content (AvgIpc) is 2.22. The van der Waals surface area contributed by atoms with E-state index in [-0.39, 0.29) is 10.7 Å². The first-order chi connectivity index (χ1) is 6.67. The predicted octanol–water partition coefficient (Wildman–Crippen LogP) is 2.04. The lowest BCUT2D eigenvalue weighted by Gasteiger charge is -2.22. The van der Waals surface area contributed by atoms with Crippen LogP contribution < -0.4 is 0 Å². The second-order valence-corrected chi connectivity index (χ2v) is 4.10. The van der Waals surface area contributed by atoms with Gasteiger partial charge in [0.2, 0.25) is 5.91 Å². The molecule has 0 aliphatic carbocycles. The van der Waals surface area contributed by atoms with Gasteiger partial charge in [0.05, 0.1) is 11.4 Å². The van der Waals surface area contributed by atoms with Gasteiger partial charge in [0.15, 0.2) is 0 Å². The van der Waals surface area contributed by atoms with Gasteiger partial charge in [-0.3, -0.25) is 4.79 Å². The third-order valence-corrected chi connectivity index (χ3v) is 3.07. The minimum Gasteiger partial charge on any atom is -0.380 e. The molecule has 0 radical (unpaired) electrons. The SMILES string of the molecule is CCOCCN(CC)C(=O)C(Br)CC. The molecule has 0 rings (SSSR count). The summed E-state index contributed by atoms with van der Waals surface area (Å²) in [5.41, 5.74) is 0. The number of hydrogen-bond donors (Lipinski definition) is 0. The van der Waals surface area contributed by atoms with Crippen molar-refractivity contribution in [2.45, 2.75) is 32.0 Å². The van der Waals surface area contributed by atoms with E-state index in [1.54, 1.807) is 0 Å². The standard InChI is InChI=1S/C10H20BrNO2/c1-4-9(11)10(13)12(5-2)7-8-14-6-3/h9H,4-8H2,1-3H3. The van der Waals surface area contributed by atoms with Crippen LogP contribution in [0.3, 0.4) is 0 Å². The Morgan fingerprint density at radius 2 is 2.07 bits per heavy atom. The number of carbonyl (C=O) groups is 1. The van der Waals surface area contributed by atoms with Crippen molar-refractivity contribution in [2.24, 2.45) is 0 Å². The zero-order chi connectivity index (χ0) is 11.0. The fourth-order valence-corrected chi connectivity index (χ4v) is 1.41. The van der Waals surface area contributed by atoms with Crippen LogP contribution in [0, 0.1) is 0 Å². The summed E-state index contributed by atoms with van der Waals surface area (Å²) in [6.07, 6.45) is 0.823. The van der Waals surface area contributed by atoms with Crippen LogP contribution in [0.25, 0.3) is 0 Å². The molecule has 0 saturated heterocycles. The number of nitrogens with zero attached hydrogens (tertiary/aromatic N) is 1. The summed E-state index contributed by atoms with van der Waals surface area (Å²) in [7, 11) is 0. The van der Waals surface area contributed by atoms with Crippen molar-refractivity contribution < 1.29 is 9.53 Å². The third kappa shape index (κ3) is 4.96. The minimum absolute atomic E-state index is 0.0518. The van der Waals surface area contributed by atoms with Gasteiger partial charge in [0.1, 0.15) is 0 Å². The molecule has 3 nitrogen and oxygen atoms in total. The molecule has 1 unspecified atom stereocenters. The Bertz CT molecular complexity index is 164. The topological polar surface area (TPSA) is 29.5 Å². The smallest absolute Gasteiger partial charge is 0.236 e. The molecule has 84 valence electrons. The van der Waals surface area contributed by atoms with Gasteiger partial charge in [-0.2, -0.15) is 0 Å². The van der Waals surface area contributed by atoms with E-state index in [0.29, 0.717) is 19.8 Å². The number of hydrogen-bond acceptors (Lipinski definition) is 2. The highest BCUT2D eigenvalue weighted by molar-refractivity contribution is 9.10. The van der Waals surface area contributed by atoms with E-state index in [2.05, 4.69) is 15.9 Å². The number of likely N-dealkylation sites (N-methyl/N-ethyl adjacent to an activating group) is 1. The number of carbonyl (C=O) groups excluding carboxylic acids is 1. The maximum Gasteiger partial charge on any atom is 0.236 e. The molecule has 0 aliphatic heterocycles. The van der Waals surface area contributed by atoms with Crippen molar-refractivity contribution in [1.82, 2.24) is 4.90 Å². The fraction of sp³-hybridized carbons (Fsp3) is 0.900. The lowest BCUT2D eigenvalue weighted by atomic mass is 10.3. The summed E-state index contributed by atoms with van der Waals surface area (Å²) in [5.74, 6) is 0.162. The second kappa shape index (κ2) is 8.24. The number of alkyl halides is 1. The Labute approximate surface area is 94.9 Å². The van der Waals surface area contributed by atoms with E-state index in [4.69, 9.17) is 4.74 Å². The molecule has 0 bridgehead atoms. The number of rotatable bonds is 7. The molecular formula is C10H20BrNO2. The molecular weight excluding hydrogens is 246 g/mol. The van der Waals surface area contributed by atoms with Crippen molar-refractivity contribution in [2.75, 3.05) is 26.3 Å². The molecule has 0 aliphatic rings. The molecule has 0 N–H and O–H groups in total. The first kappa shape index (κ1) is 13.9. The van der Waals surface area contributed by atoms with Gasteiger partial charge in [-0.15, -0.1) is 0 Å². The zero-order valence-corrected chi connectivity index (χ0v) is 10.8. The summed E-state index contributed by atoms with van der Waals surface area (Å²) >= 11 is 3.36. The quantitative estimate of drug-likeness (QED) is 0.521. The van der Waals surface area contributed by atoms with Gasteiger partial charge in [-0.1, -0.05) is 22.9 Å². The van der Waals surface area contributed by atoms with E-state index < -0.39 is 0 Å². The first-order valence-electron chi connectivity index (χ1n) is 5.17. The molecule has 4 heteroatoms. The molecule has 0 heterocycles. The van der Waals surface area contributed by atoms with Crippen LogP contribution in [-0.2, 0) is 9.53 Å². The molecule has 1 atom stereocenters. The summed E-state index contributed by atoms with van der Waals surface area (Å²) in [4.78, 5) is 13.5. The van der Waals surface area contributed by atoms with Gasteiger partial charge < -0.3 is 9.64 Å². The Morgan fingerprint density at radius 3 is 2.50 bits per heavy atom. The van der Waals surface area contributed by atoms with Crippen LogP contribution in [0.4, 0.5) is 0 Å². The van der Waals surface area contributed by atoms with Gasteiger partial charge in [-0.05, 0) is 20.3 Å². The van der Waals surface area contributed by atoms with Gasteiger partial charge in [0, 0.05) is 19.7 Å². The van der Waals surface area contributed by atoms with Crippen LogP contribution in [0.15, 0.2) is 0 Å².